The highest BCUT2D eigenvalue weighted by Gasteiger charge is 2.47. The number of carbonyl (C=O) groups is 1. The van der Waals surface area contributed by atoms with Crippen molar-refractivity contribution in [2.75, 3.05) is 11.4 Å². The van der Waals surface area contributed by atoms with Crippen LogP contribution < -0.4 is 4.90 Å². The first-order valence-corrected chi connectivity index (χ1v) is 7.03. The van der Waals surface area contributed by atoms with E-state index >= 15 is 0 Å². The van der Waals surface area contributed by atoms with E-state index < -0.39 is 11.5 Å². The molecule has 1 aromatic rings. The van der Waals surface area contributed by atoms with Crippen molar-refractivity contribution < 1.29 is 9.90 Å². The number of anilines is 1. The molecule has 1 aromatic heterocycles. The second kappa shape index (κ2) is 4.47. The molecule has 1 aliphatic carbocycles. The minimum absolute atomic E-state index is 0.612. The molecule has 102 valence electrons. The summed E-state index contributed by atoms with van der Waals surface area (Å²) >= 11 is 0. The van der Waals surface area contributed by atoms with Gasteiger partial charge in [-0.1, -0.05) is 6.92 Å². The van der Waals surface area contributed by atoms with Crippen LogP contribution in [-0.2, 0) is 17.6 Å². The van der Waals surface area contributed by atoms with Crippen molar-refractivity contribution in [1.82, 2.24) is 9.97 Å². The van der Waals surface area contributed by atoms with Gasteiger partial charge in [-0.05, 0) is 38.5 Å². The summed E-state index contributed by atoms with van der Waals surface area (Å²) in [5.41, 5.74) is 1.50. The van der Waals surface area contributed by atoms with Crippen molar-refractivity contribution in [2.45, 2.75) is 51.0 Å². The molecule has 1 atom stereocenters. The fraction of sp³-hybridized carbons (Fsp3) is 0.643. The molecule has 1 aliphatic heterocycles. The molecule has 2 heterocycles. The maximum absolute atomic E-state index is 11.8. The number of fused-ring (bicyclic) bond motifs is 1. The van der Waals surface area contributed by atoms with Crippen LogP contribution in [0.2, 0.25) is 0 Å². The predicted octanol–water partition coefficient (Wildman–Crippen LogP) is 1.80. The zero-order valence-electron chi connectivity index (χ0n) is 11.2. The van der Waals surface area contributed by atoms with Crippen LogP contribution in [0.15, 0.2) is 6.33 Å². The van der Waals surface area contributed by atoms with E-state index in [1.54, 1.807) is 6.33 Å². The Labute approximate surface area is 112 Å². The number of nitrogens with zero attached hydrogens (tertiary/aromatic N) is 3. The lowest BCUT2D eigenvalue weighted by Crippen LogP contribution is -2.51. The van der Waals surface area contributed by atoms with E-state index in [2.05, 4.69) is 9.97 Å². The third-order valence-corrected chi connectivity index (χ3v) is 4.58. The van der Waals surface area contributed by atoms with Gasteiger partial charge < -0.3 is 10.0 Å². The Hall–Kier alpha value is -1.65. The van der Waals surface area contributed by atoms with E-state index in [0.717, 1.165) is 43.7 Å². The molecule has 0 bridgehead atoms. The number of hydrogen-bond donors (Lipinski definition) is 1. The molecule has 5 heteroatoms. The van der Waals surface area contributed by atoms with Crippen molar-refractivity contribution in [3.05, 3.63) is 17.6 Å². The molecule has 1 fully saturated rings. The lowest BCUT2D eigenvalue weighted by Gasteiger charge is -2.35. The molecule has 0 saturated carbocycles. The van der Waals surface area contributed by atoms with Crippen LogP contribution in [0, 0.1) is 0 Å². The van der Waals surface area contributed by atoms with Gasteiger partial charge in [-0.3, -0.25) is 0 Å². The maximum Gasteiger partial charge on any atom is 0.329 e. The van der Waals surface area contributed by atoms with Gasteiger partial charge in [-0.25, -0.2) is 14.8 Å². The molecular formula is C14H19N3O2. The number of aromatic nitrogens is 2. The number of aliphatic carboxylic acids is 1. The third kappa shape index (κ3) is 1.71. The van der Waals surface area contributed by atoms with Crippen LogP contribution in [0.4, 0.5) is 5.82 Å². The Balaban J connectivity index is 2.07. The molecule has 0 spiro atoms. The van der Waals surface area contributed by atoms with Crippen LogP contribution in [0.3, 0.4) is 0 Å². The second-order valence-electron chi connectivity index (χ2n) is 5.42. The average Bonchev–Trinajstić information content (AvgIpc) is 3.05. The Morgan fingerprint density at radius 1 is 1.42 bits per heavy atom. The van der Waals surface area contributed by atoms with Crippen molar-refractivity contribution in [2.24, 2.45) is 0 Å². The van der Waals surface area contributed by atoms with Gasteiger partial charge in [0.25, 0.3) is 0 Å². The van der Waals surface area contributed by atoms with Crippen molar-refractivity contribution in [1.29, 1.82) is 0 Å². The Bertz CT molecular complexity index is 517. The highest BCUT2D eigenvalue weighted by atomic mass is 16.4. The quantitative estimate of drug-likeness (QED) is 0.898. The van der Waals surface area contributed by atoms with Crippen molar-refractivity contribution >= 4 is 11.8 Å². The normalized spacial score (nSPS) is 25.6. The largest absolute Gasteiger partial charge is 0.479 e. The van der Waals surface area contributed by atoms with E-state index in [4.69, 9.17) is 0 Å². The van der Waals surface area contributed by atoms with E-state index in [1.807, 2.05) is 11.8 Å². The minimum Gasteiger partial charge on any atom is -0.479 e. The summed E-state index contributed by atoms with van der Waals surface area (Å²) in [5.74, 6) is 0.141. The van der Waals surface area contributed by atoms with Gasteiger partial charge in [-0.2, -0.15) is 0 Å². The highest BCUT2D eigenvalue weighted by Crippen LogP contribution is 2.39. The van der Waals surface area contributed by atoms with Gasteiger partial charge in [0.15, 0.2) is 0 Å². The monoisotopic (exact) mass is 261 g/mol. The first-order valence-electron chi connectivity index (χ1n) is 7.03. The number of hydrogen-bond acceptors (Lipinski definition) is 4. The molecule has 0 amide bonds. The molecule has 5 nitrogen and oxygen atoms in total. The zero-order chi connectivity index (χ0) is 13.5. The van der Waals surface area contributed by atoms with E-state index in [-0.39, 0.29) is 0 Å². The minimum atomic E-state index is -0.773. The number of carboxylic acids is 1. The Kier molecular flexibility index (Phi) is 2.92. The summed E-state index contributed by atoms with van der Waals surface area (Å²) in [7, 11) is 0. The van der Waals surface area contributed by atoms with Crippen LogP contribution in [0.25, 0.3) is 0 Å². The molecule has 1 saturated heterocycles. The molecule has 1 unspecified atom stereocenters. The Morgan fingerprint density at radius 3 is 3.00 bits per heavy atom. The second-order valence-corrected chi connectivity index (χ2v) is 5.42. The molecule has 1 N–H and O–H groups in total. The fourth-order valence-electron chi connectivity index (χ4n) is 3.50. The van der Waals surface area contributed by atoms with Crippen molar-refractivity contribution in [3.8, 4) is 0 Å². The summed E-state index contributed by atoms with van der Waals surface area (Å²) in [4.78, 5) is 22.5. The summed E-state index contributed by atoms with van der Waals surface area (Å²) in [6.45, 7) is 2.73. The van der Waals surface area contributed by atoms with E-state index in [1.165, 1.54) is 5.56 Å². The summed E-state index contributed by atoms with van der Waals surface area (Å²) in [6.07, 6.45) is 6.88. The van der Waals surface area contributed by atoms with Gasteiger partial charge in [0.2, 0.25) is 0 Å². The Morgan fingerprint density at radius 2 is 2.26 bits per heavy atom. The van der Waals surface area contributed by atoms with Crippen LogP contribution >= 0.6 is 0 Å². The summed E-state index contributed by atoms with van der Waals surface area (Å²) < 4.78 is 0. The highest BCUT2D eigenvalue weighted by molar-refractivity contribution is 5.84. The first kappa shape index (κ1) is 12.4. The smallest absolute Gasteiger partial charge is 0.329 e. The molecule has 19 heavy (non-hydrogen) atoms. The van der Waals surface area contributed by atoms with Crippen molar-refractivity contribution in [3.63, 3.8) is 0 Å². The van der Waals surface area contributed by atoms with Gasteiger partial charge in [0.1, 0.15) is 17.7 Å². The van der Waals surface area contributed by atoms with Gasteiger partial charge in [-0.15, -0.1) is 0 Å². The molecule has 0 aromatic carbocycles. The van der Waals surface area contributed by atoms with Gasteiger partial charge >= 0.3 is 5.97 Å². The predicted molar refractivity (Wildman–Crippen MR) is 71.3 cm³/mol. The maximum atomic E-state index is 11.8. The lowest BCUT2D eigenvalue weighted by atomic mass is 9.92. The zero-order valence-corrected chi connectivity index (χ0v) is 11.2. The standard InChI is InChI=1S/C14H19N3O2/c1-2-14(13(18)19)7-4-8-17(14)12-10-5-3-6-11(10)15-9-16-12/h9H,2-8H2,1H3,(H,18,19). The topological polar surface area (TPSA) is 66.3 Å². The molecular weight excluding hydrogens is 242 g/mol. The molecule has 0 radical (unpaired) electrons. The summed E-state index contributed by atoms with van der Waals surface area (Å²) in [5, 5.41) is 9.66. The third-order valence-electron chi connectivity index (χ3n) is 4.58. The SMILES string of the molecule is CCC1(C(=O)O)CCCN1c1ncnc2c1CCC2. The molecule has 3 rings (SSSR count). The summed E-state index contributed by atoms with van der Waals surface area (Å²) in [6, 6.07) is 0. The van der Waals surface area contributed by atoms with Gasteiger partial charge in [0, 0.05) is 17.8 Å². The first-order chi connectivity index (χ1) is 9.19. The van der Waals surface area contributed by atoms with Crippen LogP contribution in [-0.4, -0.2) is 33.1 Å². The van der Waals surface area contributed by atoms with E-state index in [9.17, 15) is 9.90 Å². The lowest BCUT2D eigenvalue weighted by molar-refractivity contribution is -0.143. The number of rotatable bonds is 3. The fourth-order valence-corrected chi connectivity index (χ4v) is 3.50. The van der Waals surface area contributed by atoms with Crippen LogP contribution in [0.1, 0.15) is 43.9 Å². The van der Waals surface area contributed by atoms with E-state index in [0.29, 0.717) is 12.8 Å². The number of aryl methyl sites for hydroxylation is 1. The molecule has 2 aliphatic rings. The van der Waals surface area contributed by atoms with Crippen LogP contribution in [0.5, 0.6) is 0 Å². The van der Waals surface area contributed by atoms with Gasteiger partial charge in [0.05, 0.1) is 0 Å². The number of carboxylic acid groups (broad SMARTS) is 1. The average molecular weight is 261 g/mol.